The Hall–Kier alpha value is -2.90. The van der Waals surface area contributed by atoms with Crippen molar-refractivity contribution >= 4 is 12.0 Å². The van der Waals surface area contributed by atoms with E-state index < -0.39 is 5.97 Å². The summed E-state index contributed by atoms with van der Waals surface area (Å²) in [6.07, 6.45) is 5.73. The maximum absolute atomic E-state index is 12.2. The first-order valence-corrected chi connectivity index (χ1v) is 8.77. The molecule has 1 heterocycles. The van der Waals surface area contributed by atoms with E-state index in [1.54, 1.807) is 11.0 Å². The topological polar surface area (TPSA) is 109 Å². The maximum atomic E-state index is 12.2. The minimum atomic E-state index is -0.740. The Morgan fingerprint density at radius 3 is 2.46 bits per heavy atom. The van der Waals surface area contributed by atoms with Gasteiger partial charge < -0.3 is 15.7 Å². The molecule has 0 spiro atoms. The zero-order chi connectivity index (χ0) is 18.5. The Morgan fingerprint density at radius 1 is 1.19 bits per heavy atom. The lowest BCUT2D eigenvalue weighted by Crippen LogP contribution is -2.44. The number of hydrogen-bond acceptors (Lipinski definition) is 4. The standard InChI is InChI=1S/C18H23N5O3/c1-12(13-4-8-16(9-5-13)23-11-19-10-20-23)21-18(26)22-15-6-2-14(3-7-15)17(24)25/h4-5,8-12,14-15H,2-3,6-7H2,1H3,(H,24,25)(H2,21,22,26). The molecule has 1 aromatic carbocycles. The van der Waals surface area contributed by atoms with Crippen LogP contribution in [0.1, 0.15) is 44.2 Å². The number of carboxylic acid groups (broad SMARTS) is 1. The van der Waals surface area contributed by atoms with Gasteiger partial charge in [-0.05, 0) is 50.3 Å². The molecule has 3 rings (SSSR count). The van der Waals surface area contributed by atoms with Gasteiger partial charge in [-0.15, -0.1) is 0 Å². The van der Waals surface area contributed by atoms with Crippen molar-refractivity contribution < 1.29 is 14.7 Å². The molecule has 0 aliphatic heterocycles. The number of carbonyl (C=O) groups is 2. The molecular formula is C18H23N5O3. The van der Waals surface area contributed by atoms with Gasteiger partial charge in [0, 0.05) is 6.04 Å². The molecule has 1 aromatic heterocycles. The van der Waals surface area contributed by atoms with E-state index in [0.29, 0.717) is 25.7 Å². The van der Waals surface area contributed by atoms with Crippen LogP contribution in [0.15, 0.2) is 36.9 Å². The molecule has 2 aromatic rings. The van der Waals surface area contributed by atoms with Gasteiger partial charge in [0.05, 0.1) is 17.6 Å². The van der Waals surface area contributed by atoms with E-state index in [2.05, 4.69) is 20.7 Å². The highest BCUT2D eigenvalue weighted by atomic mass is 16.4. The number of rotatable bonds is 5. The van der Waals surface area contributed by atoms with E-state index in [-0.39, 0.29) is 24.0 Å². The van der Waals surface area contributed by atoms with E-state index in [0.717, 1.165) is 11.3 Å². The minimum Gasteiger partial charge on any atom is -0.481 e. The first kappa shape index (κ1) is 17.9. The molecule has 1 fully saturated rings. The van der Waals surface area contributed by atoms with Gasteiger partial charge in [0.25, 0.3) is 0 Å². The number of urea groups is 1. The number of aromatic nitrogens is 3. The highest BCUT2D eigenvalue weighted by Crippen LogP contribution is 2.24. The van der Waals surface area contributed by atoms with Crippen LogP contribution in [-0.4, -0.2) is 37.9 Å². The van der Waals surface area contributed by atoms with Crippen LogP contribution in [0.3, 0.4) is 0 Å². The third-order valence-electron chi connectivity index (χ3n) is 4.84. The summed E-state index contributed by atoms with van der Waals surface area (Å²) in [6.45, 7) is 1.92. The Kier molecular flexibility index (Phi) is 5.50. The average molecular weight is 357 g/mol. The number of nitrogens with one attached hydrogen (secondary N) is 2. The quantitative estimate of drug-likeness (QED) is 0.760. The van der Waals surface area contributed by atoms with Crippen molar-refractivity contribution in [1.29, 1.82) is 0 Å². The molecular weight excluding hydrogens is 334 g/mol. The lowest BCUT2D eigenvalue weighted by atomic mass is 9.86. The number of hydrogen-bond donors (Lipinski definition) is 3. The molecule has 1 aliphatic rings. The SMILES string of the molecule is CC(NC(=O)NC1CCC(C(=O)O)CC1)c1ccc(-n2cncn2)cc1. The molecule has 8 nitrogen and oxygen atoms in total. The van der Waals surface area contributed by atoms with Crippen molar-refractivity contribution in [2.75, 3.05) is 0 Å². The molecule has 1 unspecified atom stereocenters. The number of benzene rings is 1. The largest absolute Gasteiger partial charge is 0.481 e. The van der Waals surface area contributed by atoms with Gasteiger partial charge >= 0.3 is 12.0 Å². The van der Waals surface area contributed by atoms with Gasteiger partial charge in [-0.2, -0.15) is 5.10 Å². The van der Waals surface area contributed by atoms with Crippen LogP contribution in [0.2, 0.25) is 0 Å². The minimum absolute atomic E-state index is 0.0347. The summed E-state index contributed by atoms with van der Waals surface area (Å²) < 4.78 is 1.67. The van der Waals surface area contributed by atoms with E-state index in [4.69, 9.17) is 5.11 Å². The second-order valence-electron chi connectivity index (χ2n) is 6.66. The fourth-order valence-corrected chi connectivity index (χ4v) is 3.25. The van der Waals surface area contributed by atoms with Crippen LogP contribution in [0, 0.1) is 5.92 Å². The second kappa shape index (κ2) is 7.99. The fourth-order valence-electron chi connectivity index (χ4n) is 3.25. The third-order valence-corrected chi connectivity index (χ3v) is 4.84. The fraction of sp³-hybridized carbons (Fsp3) is 0.444. The van der Waals surface area contributed by atoms with Crippen molar-refractivity contribution in [2.24, 2.45) is 5.92 Å². The predicted octanol–water partition coefficient (Wildman–Crippen LogP) is 2.27. The number of aliphatic carboxylic acids is 1. The lowest BCUT2D eigenvalue weighted by molar-refractivity contribution is -0.142. The summed E-state index contributed by atoms with van der Waals surface area (Å²) in [7, 11) is 0. The highest BCUT2D eigenvalue weighted by molar-refractivity contribution is 5.75. The zero-order valence-electron chi connectivity index (χ0n) is 14.6. The van der Waals surface area contributed by atoms with Crippen molar-refractivity contribution in [3.63, 3.8) is 0 Å². The van der Waals surface area contributed by atoms with Gasteiger partial charge in [0.1, 0.15) is 12.7 Å². The van der Waals surface area contributed by atoms with Crippen LogP contribution < -0.4 is 10.6 Å². The number of carbonyl (C=O) groups excluding carboxylic acids is 1. The monoisotopic (exact) mass is 357 g/mol. The van der Waals surface area contributed by atoms with Gasteiger partial charge in [-0.3, -0.25) is 4.79 Å². The Balaban J connectivity index is 1.49. The van der Waals surface area contributed by atoms with Crippen LogP contribution in [0.4, 0.5) is 4.79 Å². The number of nitrogens with zero attached hydrogens (tertiary/aromatic N) is 3. The smallest absolute Gasteiger partial charge is 0.315 e. The predicted molar refractivity (Wildman–Crippen MR) is 94.8 cm³/mol. The van der Waals surface area contributed by atoms with Crippen molar-refractivity contribution in [3.05, 3.63) is 42.5 Å². The second-order valence-corrected chi connectivity index (χ2v) is 6.66. The Bertz CT molecular complexity index is 737. The summed E-state index contributed by atoms with van der Waals surface area (Å²) in [5.41, 5.74) is 1.89. The molecule has 3 N–H and O–H groups in total. The number of carboxylic acids is 1. The summed E-state index contributed by atoms with van der Waals surface area (Å²) in [5.74, 6) is -1.02. The van der Waals surface area contributed by atoms with Gasteiger partial charge in [0.15, 0.2) is 0 Å². The van der Waals surface area contributed by atoms with E-state index >= 15 is 0 Å². The van der Waals surface area contributed by atoms with E-state index in [9.17, 15) is 9.59 Å². The van der Waals surface area contributed by atoms with E-state index in [1.807, 2.05) is 31.2 Å². The first-order valence-electron chi connectivity index (χ1n) is 8.77. The van der Waals surface area contributed by atoms with Crippen LogP contribution in [0.25, 0.3) is 5.69 Å². The van der Waals surface area contributed by atoms with Gasteiger partial charge in [0.2, 0.25) is 0 Å². The summed E-state index contributed by atoms with van der Waals surface area (Å²) in [4.78, 5) is 27.1. The van der Waals surface area contributed by atoms with E-state index in [1.165, 1.54) is 6.33 Å². The van der Waals surface area contributed by atoms with Crippen LogP contribution in [-0.2, 0) is 4.79 Å². The molecule has 138 valence electrons. The molecule has 2 amide bonds. The zero-order valence-corrected chi connectivity index (χ0v) is 14.6. The van der Waals surface area contributed by atoms with Gasteiger partial charge in [-0.25, -0.2) is 14.5 Å². The summed E-state index contributed by atoms with van der Waals surface area (Å²) >= 11 is 0. The molecule has 26 heavy (non-hydrogen) atoms. The summed E-state index contributed by atoms with van der Waals surface area (Å²) in [6, 6.07) is 7.40. The number of amides is 2. The summed E-state index contributed by atoms with van der Waals surface area (Å²) in [5, 5.41) is 19.0. The van der Waals surface area contributed by atoms with Crippen LogP contribution >= 0.6 is 0 Å². The first-order chi connectivity index (χ1) is 12.5. The average Bonchev–Trinajstić information content (AvgIpc) is 3.17. The molecule has 0 radical (unpaired) electrons. The van der Waals surface area contributed by atoms with Crippen molar-refractivity contribution in [3.8, 4) is 5.69 Å². The lowest BCUT2D eigenvalue weighted by Gasteiger charge is -2.27. The van der Waals surface area contributed by atoms with Gasteiger partial charge in [-0.1, -0.05) is 12.1 Å². The molecule has 8 heteroatoms. The molecule has 0 bridgehead atoms. The molecule has 1 aliphatic carbocycles. The molecule has 0 saturated heterocycles. The normalized spacial score (nSPS) is 21.0. The van der Waals surface area contributed by atoms with Crippen molar-refractivity contribution in [2.45, 2.75) is 44.7 Å². The molecule has 1 atom stereocenters. The molecule has 1 saturated carbocycles. The third kappa shape index (κ3) is 4.38. The Morgan fingerprint density at radius 2 is 1.88 bits per heavy atom. The van der Waals surface area contributed by atoms with Crippen LogP contribution in [0.5, 0.6) is 0 Å². The van der Waals surface area contributed by atoms with Crippen molar-refractivity contribution in [1.82, 2.24) is 25.4 Å². The highest BCUT2D eigenvalue weighted by Gasteiger charge is 2.26. The maximum Gasteiger partial charge on any atom is 0.315 e. The Labute approximate surface area is 151 Å².